The molecule has 0 bridgehead atoms. The van der Waals surface area contributed by atoms with Crippen LogP contribution in [0.4, 0.5) is 11.4 Å². The molecule has 0 saturated carbocycles. The van der Waals surface area contributed by atoms with E-state index >= 15 is 0 Å². The van der Waals surface area contributed by atoms with E-state index in [0.717, 1.165) is 16.9 Å². The third kappa shape index (κ3) is 3.55. The Morgan fingerprint density at radius 1 is 1.15 bits per heavy atom. The maximum atomic E-state index is 12.7. The van der Waals surface area contributed by atoms with E-state index in [-0.39, 0.29) is 18.2 Å². The van der Waals surface area contributed by atoms with Crippen LogP contribution in [0.5, 0.6) is 0 Å². The van der Waals surface area contributed by atoms with Crippen LogP contribution in [0.15, 0.2) is 54.9 Å². The highest BCUT2D eigenvalue weighted by atomic mass is 16.2. The summed E-state index contributed by atoms with van der Waals surface area (Å²) in [5.74, 6) is -0.608. The number of benzene rings is 2. The van der Waals surface area contributed by atoms with Crippen LogP contribution in [-0.4, -0.2) is 38.6 Å². The number of nitrogens with zero attached hydrogens (tertiary/aromatic N) is 5. The lowest BCUT2D eigenvalue weighted by Crippen LogP contribution is -2.28. The predicted molar refractivity (Wildman–Crippen MR) is 99.4 cm³/mol. The van der Waals surface area contributed by atoms with E-state index in [4.69, 9.17) is 0 Å². The monoisotopic (exact) mass is 362 g/mol. The topological polar surface area (TPSA) is 93.0 Å². The second-order valence-corrected chi connectivity index (χ2v) is 6.53. The molecule has 0 spiro atoms. The number of hydrogen-bond donors (Lipinski definition) is 1. The number of aryl methyl sites for hydroxylation is 1. The van der Waals surface area contributed by atoms with Crippen LogP contribution in [0.25, 0.3) is 5.69 Å². The molecule has 1 aliphatic heterocycles. The molecule has 1 aromatic heterocycles. The van der Waals surface area contributed by atoms with Gasteiger partial charge < -0.3 is 10.2 Å². The van der Waals surface area contributed by atoms with Crippen LogP contribution < -0.4 is 10.2 Å². The van der Waals surface area contributed by atoms with Gasteiger partial charge in [0, 0.05) is 24.3 Å². The smallest absolute Gasteiger partial charge is 0.229 e. The molecular weight excluding hydrogens is 344 g/mol. The summed E-state index contributed by atoms with van der Waals surface area (Å²) in [6.07, 6.45) is 1.68. The van der Waals surface area contributed by atoms with Gasteiger partial charge in [0.25, 0.3) is 0 Å². The zero-order valence-electron chi connectivity index (χ0n) is 14.7. The third-order valence-electron chi connectivity index (χ3n) is 4.57. The molecule has 2 amide bonds. The van der Waals surface area contributed by atoms with Crippen molar-refractivity contribution in [3.8, 4) is 5.69 Å². The first-order chi connectivity index (χ1) is 13.1. The first kappa shape index (κ1) is 16.9. The number of carbonyl (C=O) groups excluding carboxylic acids is 2. The van der Waals surface area contributed by atoms with Gasteiger partial charge in [-0.2, -0.15) is 0 Å². The molecule has 1 fully saturated rings. The van der Waals surface area contributed by atoms with Gasteiger partial charge in [-0.1, -0.05) is 23.8 Å². The summed E-state index contributed by atoms with van der Waals surface area (Å²) in [5.41, 5.74) is 3.32. The number of aromatic nitrogens is 4. The van der Waals surface area contributed by atoms with Crippen LogP contribution in [0, 0.1) is 12.8 Å². The number of nitrogens with one attached hydrogen (secondary N) is 1. The summed E-state index contributed by atoms with van der Waals surface area (Å²) in [6.45, 7) is 2.37. The number of anilines is 2. The number of carbonyl (C=O) groups is 2. The molecule has 2 heterocycles. The standard InChI is InChI=1S/C19H18N6O2/c1-13-5-7-16(8-6-13)24-11-14(9-18(24)26)19(27)21-15-3-2-4-17(10-15)25-12-20-22-23-25/h2-8,10,12,14H,9,11H2,1H3,(H,21,27). The fourth-order valence-corrected chi connectivity index (χ4v) is 3.11. The maximum Gasteiger partial charge on any atom is 0.229 e. The molecule has 1 atom stereocenters. The molecule has 1 N–H and O–H groups in total. The van der Waals surface area contributed by atoms with E-state index in [2.05, 4.69) is 20.8 Å². The van der Waals surface area contributed by atoms with E-state index in [0.29, 0.717) is 12.2 Å². The average Bonchev–Trinajstić information content (AvgIpc) is 3.33. The molecular formula is C19H18N6O2. The van der Waals surface area contributed by atoms with Crippen molar-refractivity contribution in [3.63, 3.8) is 0 Å². The Hall–Kier alpha value is -3.55. The normalized spacial score (nSPS) is 16.6. The summed E-state index contributed by atoms with van der Waals surface area (Å²) in [4.78, 5) is 26.7. The Kier molecular flexibility index (Phi) is 4.37. The van der Waals surface area contributed by atoms with Crippen molar-refractivity contribution in [2.75, 3.05) is 16.8 Å². The molecule has 1 unspecified atom stereocenters. The SMILES string of the molecule is Cc1ccc(N2CC(C(=O)Nc3cccc(-n4cnnn4)c3)CC2=O)cc1. The summed E-state index contributed by atoms with van der Waals surface area (Å²) in [5, 5.41) is 13.9. The molecule has 0 radical (unpaired) electrons. The van der Waals surface area contributed by atoms with Gasteiger partial charge in [-0.15, -0.1) is 5.10 Å². The molecule has 1 saturated heterocycles. The first-order valence-corrected chi connectivity index (χ1v) is 8.61. The minimum absolute atomic E-state index is 0.0403. The Balaban J connectivity index is 1.45. The zero-order chi connectivity index (χ0) is 18.8. The van der Waals surface area contributed by atoms with Crippen LogP contribution in [0.2, 0.25) is 0 Å². The van der Waals surface area contributed by atoms with Gasteiger partial charge in [-0.3, -0.25) is 9.59 Å². The molecule has 136 valence electrons. The quantitative estimate of drug-likeness (QED) is 0.766. The van der Waals surface area contributed by atoms with E-state index in [1.165, 1.54) is 11.0 Å². The van der Waals surface area contributed by atoms with Crippen molar-refractivity contribution in [1.29, 1.82) is 0 Å². The first-order valence-electron chi connectivity index (χ1n) is 8.61. The van der Waals surface area contributed by atoms with Gasteiger partial charge in [0.2, 0.25) is 11.8 Å². The van der Waals surface area contributed by atoms with E-state index in [9.17, 15) is 9.59 Å². The second kappa shape index (κ2) is 6.99. The maximum absolute atomic E-state index is 12.7. The largest absolute Gasteiger partial charge is 0.326 e. The minimum Gasteiger partial charge on any atom is -0.326 e. The number of amides is 2. The van der Waals surface area contributed by atoms with E-state index < -0.39 is 5.92 Å². The number of rotatable bonds is 4. The third-order valence-corrected chi connectivity index (χ3v) is 4.57. The fourth-order valence-electron chi connectivity index (χ4n) is 3.11. The van der Waals surface area contributed by atoms with Crippen molar-refractivity contribution in [2.24, 2.45) is 5.92 Å². The van der Waals surface area contributed by atoms with Gasteiger partial charge in [-0.05, 0) is 47.7 Å². The summed E-state index contributed by atoms with van der Waals surface area (Å²) >= 11 is 0. The lowest BCUT2D eigenvalue weighted by molar-refractivity contribution is -0.122. The lowest BCUT2D eigenvalue weighted by Gasteiger charge is -2.17. The summed E-state index contributed by atoms with van der Waals surface area (Å²) in [6, 6.07) is 15.0. The van der Waals surface area contributed by atoms with Gasteiger partial charge >= 0.3 is 0 Å². The highest BCUT2D eigenvalue weighted by molar-refractivity contribution is 6.03. The molecule has 3 aromatic rings. The van der Waals surface area contributed by atoms with Gasteiger partial charge in [0.15, 0.2) is 0 Å². The number of hydrogen-bond acceptors (Lipinski definition) is 5. The Morgan fingerprint density at radius 3 is 2.70 bits per heavy atom. The Bertz CT molecular complexity index is 968. The van der Waals surface area contributed by atoms with Crippen molar-refractivity contribution in [3.05, 3.63) is 60.4 Å². The highest BCUT2D eigenvalue weighted by Gasteiger charge is 2.35. The predicted octanol–water partition coefficient (Wildman–Crippen LogP) is 1.96. The molecule has 8 heteroatoms. The minimum atomic E-state index is -0.393. The highest BCUT2D eigenvalue weighted by Crippen LogP contribution is 2.26. The zero-order valence-corrected chi connectivity index (χ0v) is 14.7. The lowest BCUT2D eigenvalue weighted by atomic mass is 10.1. The van der Waals surface area contributed by atoms with Gasteiger partial charge in [0.1, 0.15) is 6.33 Å². The molecule has 27 heavy (non-hydrogen) atoms. The van der Waals surface area contributed by atoms with E-state index in [1.807, 2.05) is 43.3 Å². The van der Waals surface area contributed by atoms with Crippen LogP contribution >= 0.6 is 0 Å². The van der Waals surface area contributed by atoms with Crippen molar-refractivity contribution in [2.45, 2.75) is 13.3 Å². The molecule has 4 rings (SSSR count). The molecule has 0 aliphatic carbocycles. The van der Waals surface area contributed by atoms with Crippen molar-refractivity contribution in [1.82, 2.24) is 20.2 Å². The second-order valence-electron chi connectivity index (χ2n) is 6.53. The van der Waals surface area contributed by atoms with Crippen LogP contribution in [0.1, 0.15) is 12.0 Å². The van der Waals surface area contributed by atoms with Gasteiger partial charge in [-0.25, -0.2) is 4.68 Å². The van der Waals surface area contributed by atoms with Crippen molar-refractivity contribution >= 4 is 23.2 Å². The van der Waals surface area contributed by atoms with Crippen LogP contribution in [0.3, 0.4) is 0 Å². The number of tetrazole rings is 1. The Morgan fingerprint density at radius 2 is 1.96 bits per heavy atom. The van der Waals surface area contributed by atoms with Crippen LogP contribution in [-0.2, 0) is 9.59 Å². The average molecular weight is 362 g/mol. The molecule has 1 aliphatic rings. The summed E-state index contributed by atoms with van der Waals surface area (Å²) in [7, 11) is 0. The molecule has 2 aromatic carbocycles. The molecule has 8 nitrogen and oxygen atoms in total. The summed E-state index contributed by atoms with van der Waals surface area (Å²) < 4.78 is 1.51. The van der Waals surface area contributed by atoms with E-state index in [1.54, 1.807) is 17.0 Å². The Labute approximate surface area is 155 Å². The fraction of sp³-hybridized carbons (Fsp3) is 0.211. The van der Waals surface area contributed by atoms with Gasteiger partial charge in [0.05, 0.1) is 11.6 Å². The van der Waals surface area contributed by atoms with Crippen molar-refractivity contribution < 1.29 is 9.59 Å².